The van der Waals surface area contributed by atoms with E-state index >= 15 is 0 Å². The van der Waals surface area contributed by atoms with Crippen LogP contribution in [0.4, 0.5) is 0 Å². The van der Waals surface area contributed by atoms with Crippen molar-refractivity contribution in [3.63, 3.8) is 0 Å². The number of hydrogen-bond donors (Lipinski definition) is 0. The molecular formula is C19H18O2Se. The van der Waals surface area contributed by atoms with Crippen molar-refractivity contribution < 1.29 is 4.42 Å². The number of aryl methyl sites for hydroxylation is 1. The molecule has 0 amide bonds. The van der Waals surface area contributed by atoms with Crippen molar-refractivity contribution in [2.75, 3.05) is 0 Å². The van der Waals surface area contributed by atoms with Gasteiger partial charge < -0.3 is 0 Å². The van der Waals surface area contributed by atoms with E-state index in [0.717, 1.165) is 30.4 Å². The molecule has 0 spiro atoms. The van der Waals surface area contributed by atoms with E-state index in [1.54, 1.807) is 0 Å². The SMILES string of the molecule is CCCCc1oc(=O)c2ccccc2c1[Se]c1ccccc1. The van der Waals surface area contributed by atoms with Crippen molar-refractivity contribution in [1.82, 2.24) is 0 Å². The molecular weight excluding hydrogens is 339 g/mol. The van der Waals surface area contributed by atoms with Crippen molar-refractivity contribution in [2.45, 2.75) is 26.2 Å². The van der Waals surface area contributed by atoms with Crippen LogP contribution in [-0.2, 0) is 6.42 Å². The predicted octanol–water partition coefficient (Wildman–Crippen LogP) is 2.79. The summed E-state index contributed by atoms with van der Waals surface area (Å²) in [4.78, 5) is 12.2. The van der Waals surface area contributed by atoms with Crippen LogP contribution in [0.2, 0.25) is 0 Å². The standard InChI is InChI=1S/C19H18O2Se/c1-2-3-13-17-18(22-14-9-5-4-6-10-14)15-11-7-8-12-16(15)19(20)21-17/h4-12H,2-3,13H2,1H3. The molecule has 0 aliphatic heterocycles. The zero-order valence-electron chi connectivity index (χ0n) is 12.5. The molecule has 1 aromatic heterocycles. The van der Waals surface area contributed by atoms with Gasteiger partial charge in [0.1, 0.15) is 0 Å². The van der Waals surface area contributed by atoms with E-state index in [4.69, 9.17) is 4.42 Å². The van der Waals surface area contributed by atoms with Crippen LogP contribution in [0.15, 0.2) is 63.8 Å². The Morgan fingerprint density at radius 1 is 0.955 bits per heavy atom. The van der Waals surface area contributed by atoms with Crippen LogP contribution in [0.5, 0.6) is 0 Å². The van der Waals surface area contributed by atoms with Gasteiger partial charge in [0.15, 0.2) is 0 Å². The Bertz CT molecular complexity index is 822. The first kappa shape index (κ1) is 15.1. The second-order valence-electron chi connectivity index (χ2n) is 5.21. The van der Waals surface area contributed by atoms with Gasteiger partial charge in [-0.05, 0) is 0 Å². The van der Waals surface area contributed by atoms with E-state index in [0.29, 0.717) is 5.39 Å². The molecule has 0 atom stereocenters. The predicted molar refractivity (Wildman–Crippen MR) is 92.6 cm³/mol. The summed E-state index contributed by atoms with van der Waals surface area (Å²) in [5.41, 5.74) is -0.214. The maximum absolute atomic E-state index is 12.2. The Kier molecular flexibility index (Phi) is 4.77. The van der Waals surface area contributed by atoms with Crippen LogP contribution in [0.25, 0.3) is 10.8 Å². The Hall–Kier alpha value is -1.83. The van der Waals surface area contributed by atoms with E-state index in [1.165, 1.54) is 8.92 Å². The fourth-order valence-corrected chi connectivity index (χ4v) is 4.70. The average Bonchev–Trinajstić information content (AvgIpc) is 2.57. The first-order valence-electron chi connectivity index (χ1n) is 7.57. The quantitative estimate of drug-likeness (QED) is 0.658. The minimum atomic E-state index is -0.214. The maximum atomic E-state index is 12.2. The molecule has 1 heterocycles. The summed E-state index contributed by atoms with van der Waals surface area (Å²) in [6.45, 7) is 2.15. The van der Waals surface area contributed by atoms with Crippen molar-refractivity contribution in [1.29, 1.82) is 0 Å². The molecule has 0 aliphatic carbocycles. The molecule has 0 radical (unpaired) electrons. The third-order valence-electron chi connectivity index (χ3n) is 3.58. The third kappa shape index (κ3) is 3.16. The normalized spacial score (nSPS) is 11.0. The average molecular weight is 357 g/mol. The molecule has 112 valence electrons. The van der Waals surface area contributed by atoms with Gasteiger partial charge in [0, 0.05) is 0 Å². The Morgan fingerprint density at radius 2 is 1.64 bits per heavy atom. The van der Waals surface area contributed by atoms with Gasteiger partial charge >= 0.3 is 136 Å². The molecule has 2 nitrogen and oxygen atoms in total. The van der Waals surface area contributed by atoms with Gasteiger partial charge in [0.2, 0.25) is 0 Å². The van der Waals surface area contributed by atoms with Crippen molar-refractivity contribution in [2.24, 2.45) is 0 Å². The van der Waals surface area contributed by atoms with E-state index < -0.39 is 0 Å². The number of benzene rings is 2. The fraction of sp³-hybridized carbons (Fsp3) is 0.211. The summed E-state index contributed by atoms with van der Waals surface area (Å²) in [5.74, 6) is 0.870. The molecule has 0 N–H and O–H groups in total. The summed E-state index contributed by atoms with van der Waals surface area (Å²) >= 11 is 0.140. The summed E-state index contributed by atoms with van der Waals surface area (Å²) in [7, 11) is 0. The van der Waals surface area contributed by atoms with E-state index in [2.05, 4.69) is 31.2 Å². The molecule has 0 aliphatic rings. The first-order chi connectivity index (χ1) is 10.8. The molecule has 0 saturated heterocycles. The summed E-state index contributed by atoms with van der Waals surface area (Å²) < 4.78 is 8.16. The van der Waals surface area contributed by atoms with Gasteiger partial charge in [-0.15, -0.1) is 0 Å². The second kappa shape index (κ2) is 6.95. The monoisotopic (exact) mass is 358 g/mol. The van der Waals surface area contributed by atoms with E-state index in [9.17, 15) is 4.79 Å². The summed E-state index contributed by atoms with van der Waals surface area (Å²) in [5, 5.41) is 1.74. The molecule has 3 rings (SSSR count). The van der Waals surface area contributed by atoms with Crippen LogP contribution >= 0.6 is 0 Å². The van der Waals surface area contributed by atoms with E-state index in [-0.39, 0.29) is 20.6 Å². The van der Waals surface area contributed by atoms with Crippen LogP contribution in [0, 0.1) is 0 Å². The number of fused-ring (bicyclic) bond motifs is 1. The number of hydrogen-bond acceptors (Lipinski definition) is 2. The first-order valence-corrected chi connectivity index (χ1v) is 9.28. The van der Waals surface area contributed by atoms with Crippen LogP contribution in [0.3, 0.4) is 0 Å². The summed E-state index contributed by atoms with van der Waals surface area (Å²) in [6.07, 6.45) is 2.97. The van der Waals surface area contributed by atoms with Crippen LogP contribution in [-0.4, -0.2) is 15.0 Å². The molecule has 2 aromatic carbocycles. The number of unbranched alkanes of at least 4 members (excludes halogenated alkanes) is 1. The molecule has 22 heavy (non-hydrogen) atoms. The number of rotatable bonds is 5. The molecule has 0 saturated carbocycles. The fourth-order valence-electron chi connectivity index (χ4n) is 2.44. The Labute approximate surface area is 136 Å². The Balaban J connectivity index is 2.15. The minimum absolute atomic E-state index is 0.140. The second-order valence-corrected chi connectivity index (χ2v) is 7.48. The summed E-state index contributed by atoms with van der Waals surface area (Å²) in [6, 6.07) is 18.2. The van der Waals surface area contributed by atoms with Gasteiger partial charge in [-0.3, -0.25) is 0 Å². The topological polar surface area (TPSA) is 30.2 Å². The zero-order valence-corrected chi connectivity index (χ0v) is 14.3. The van der Waals surface area contributed by atoms with Crippen molar-refractivity contribution in [3.8, 4) is 0 Å². The van der Waals surface area contributed by atoms with Gasteiger partial charge in [-0.2, -0.15) is 0 Å². The van der Waals surface area contributed by atoms with Gasteiger partial charge in [0.25, 0.3) is 0 Å². The molecule has 0 fully saturated rings. The molecule has 3 aromatic rings. The van der Waals surface area contributed by atoms with Gasteiger partial charge in [-0.25, -0.2) is 0 Å². The van der Waals surface area contributed by atoms with E-state index in [1.807, 2.05) is 30.3 Å². The third-order valence-corrected chi connectivity index (χ3v) is 6.01. The van der Waals surface area contributed by atoms with Crippen LogP contribution < -0.4 is 14.5 Å². The molecule has 0 unspecified atom stereocenters. The van der Waals surface area contributed by atoms with Gasteiger partial charge in [0.05, 0.1) is 0 Å². The zero-order chi connectivity index (χ0) is 15.4. The van der Waals surface area contributed by atoms with Crippen molar-refractivity contribution >= 4 is 34.7 Å². The molecule has 3 heteroatoms. The Morgan fingerprint density at radius 3 is 2.36 bits per heavy atom. The van der Waals surface area contributed by atoms with Crippen molar-refractivity contribution in [3.05, 3.63) is 70.8 Å². The van der Waals surface area contributed by atoms with Gasteiger partial charge in [-0.1, -0.05) is 0 Å². The molecule has 0 bridgehead atoms. The van der Waals surface area contributed by atoms with Crippen LogP contribution in [0.1, 0.15) is 25.5 Å².